The molecule has 0 radical (unpaired) electrons. The van der Waals surface area contributed by atoms with Crippen LogP contribution in [0, 0.1) is 5.41 Å². The van der Waals surface area contributed by atoms with Crippen LogP contribution in [0.2, 0.25) is 0 Å². The predicted octanol–water partition coefficient (Wildman–Crippen LogP) is 0.365. The maximum Gasteiger partial charge on any atom is 0.0753 e. The Labute approximate surface area is 56.3 Å². The highest BCUT2D eigenvalue weighted by molar-refractivity contribution is 4.93. The molecule has 1 saturated heterocycles. The van der Waals surface area contributed by atoms with Crippen LogP contribution in [0.3, 0.4) is 0 Å². The summed E-state index contributed by atoms with van der Waals surface area (Å²) >= 11 is 0. The summed E-state index contributed by atoms with van der Waals surface area (Å²) in [6, 6.07) is 0.264. The fraction of sp³-hybridized carbons (Fsp3) is 1.00. The van der Waals surface area contributed by atoms with E-state index in [1.54, 1.807) is 0 Å². The smallest absolute Gasteiger partial charge is 0.0753 e. The number of hydrogen-bond donors (Lipinski definition) is 2. The van der Waals surface area contributed by atoms with E-state index >= 15 is 0 Å². The molecule has 0 spiro atoms. The first-order valence-electron chi connectivity index (χ1n) is 3.45. The molecule has 0 unspecified atom stereocenters. The molecule has 0 bridgehead atoms. The third-order valence-electron chi connectivity index (χ3n) is 2.15. The van der Waals surface area contributed by atoms with E-state index in [9.17, 15) is 5.11 Å². The summed E-state index contributed by atoms with van der Waals surface area (Å²) in [5, 5.41) is 12.7. The molecule has 1 rings (SSSR count). The first-order chi connectivity index (χ1) is 4.04. The standard InChI is InChI=1S/C7H15NO/c1-5-6(9)7(2,3)4-8-5/h5-6,8-9H,4H2,1-3H3/t5-,6-/m0/s1. The molecule has 54 valence electrons. The van der Waals surface area contributed by atoms with Crippen molar-refractivity contribution in [2.75, 3.05) is 6.54 Å². The maximum atomic E-state index is 9.46. The molecule has 9 heavy (non-hydrogen) atoms. The molecule has 2 N–H and O–H groups in total. The van der Waals surface area contributed by atoms with Crippen LogP contribution < -0.4 is 5.32 Å². The molecule has 0 aliphatic carbocycles. The van der Waals surface area contributed by atoms with Gasteiger partial charge < -0.3 is 10.4 Å². The Morgan fingerprint density at radius 1 is 1.56 bits per heavy atom. The van der Waals surface area contributed by atoms with Gasteiger partial charge in [-0.1, -0.05) is 13.8 Å². The van der Waals surface area contributed by atoms with Crippen molar-refractivity contribution in [2.24, 2.45) is 5.41 Å². The highest BCUT2D eigenvalue weighted by Gasteiger charge is 2.37. The van der Waals surface area contributed by atoms with E-state index < -0.39 is 0 Å². The number of hydrogen-bond acceptors (Lipinski definition) is 2. The van der Waals surface area contributed by atoms with Crippen molar-refractivity contribution in [2.45, 2.75) is 32.9 Å². The third kappa shape index (κ3) is 1.10. The van der Waals surface area contributed by atoms with Crippen LogP contribution in [0.4, 0.5) is 0 Å². The lowest BCUT2D eigenvalue weighted by Gasteiger charge is -2.22. The van der Waals surface area contributed by atoms with Gasteiger partial charge in [0.25, 0.3) is 0 Å². The van der Waals surface area contributed by atoms with Crippen LogP contribution in [0.15, 0.2) is 0 Å². The quantitative estimate of drug-likeness (QED) is 0.495. The third-order valence-corrected chi connectivity index (χ3v) is 2.15. The number of aliphatic hydroxyl groups excluding tert-OH is 1. The predicted molar refractivity (Wildman–Crippen MR) is 37.3 cm³/mol. The van der Waals surface area contributed by atoms with E-state index in [-0.39, 0.29) is 17.6 Å². The zero-order valence-electron chi connectivity index (χ0n) is 6.31. The van der Waals surface area contributed by atoms with Gasteiger partial charge in [-0.05, 0) is 6.92 Å². The van der Waals surface area contributed by atoms with Crippen LogP contribution >= 0.6 is 0 Å². The molecule has 0 saturated carbocycles. The fourth-order valence-corrected chi connectivity index (χ4v) is 1.32. The second-order valence-electron chi connectivity index (χ2n) is 3.60. The molecule has 0 aromatic heterocycles. The van der Waals surface area contributed by atoms with Gasteiger partial charge in [-0.15, -0.1) is 0 Å². The number of rotatable bonds is 0. The van der Waals surface area contributed by atoms with Gasteiger partial charge in [0.1, 0.15) is 0 Å². The van der Waals surface area contributed by atoms with E-state index in [4.69, 9.17) is 0 Å². The molecule has 1 fully saturated rings. The van der Waals surface area contributed by atoms with Crippen LogP contribution in [-0.4, -0.2) is 23.8 Å². The SMILES string of the molecule is C[C@@H]1NCC(C)(C)[C@H]1O. The van der Waals surface area contributed by atoms with E-state index in [1.165, 1.54) is 0 Å². The average Bonchev–Trinajstić information content (AvgIpc) is 1.97. The van der Waals surface area contributed by atoms with Crippen molar-refractivity contribution < 1.29 is 5.11 Å². The van der Waals surface area contributed by atoms with Crippen LogP contribution in [-0.2, 0) is 0 Å². The zero-order valence-corrected chi connectivity index (χ0v) is 6.31. The summed E-state index contributed by atoms with van der Waals surface area (Å²) in [6.45, 7) is 7.09. The Hall–Kier alpha value is -0.0800. The zero-order chi connectivity index (χ0) is 7.07. The van der Waals surface area contributed by atoms with Crippen LogP contribution in [0.5, 0.6) is 0 Å². The molecule has 2 atom stereocenters. The van der Waals surface area contributed by atoms with Gasteiger partial charge >= 0.3 is 0 Å². The molecular weight excluding hydrogens is 114 g/mol. The molecule has 0 amide bonds. The molecule has 2 nitrogen and oxygen atoms in total. The Bertz CT molecular complexity index is 111. The van der Waals surface area contributed by atoms with Gasteiger partial charge in [-0.3, -0.25) is 0 Å². The summed E-state index contributed by atoms with van der Waals surface area (Å²) in [5.74, 6) is 0. The van der Waals surface area contributed by atoms with Gasteiger partial charge in [0.15, 0.2) is 0 Å². The van der Waals surface area contributed by atoms with Crippen molar-refractivity contribution in [1.82, 2.24) is 5.32 Å². The first-order valence-corrected chi connectivity index (χ1v) is 3.45. The normalized spacial score (nSPS) is 41.3. The lowest BCUT2D eigenvalue weighted by Crippen LogP contribution is -2.31. The summed E-state index contributed by atoms with van der Waals surface area (Å²) in [6.07, 6.45) is -0.183. The Kier molecular flexibility index (Phi) is 1.53. The Morgan fingerprint density at radius 2 is 2.11 bits per heavy atom. The van der Waals surface area contributed by atoms with Crippen molar-refractivity contribution in [1.29, 1.82) is 0 Å². The Morgan fingerprint density at radius 3 is 2.22 bits per heavy atom. The topological polar surface area (TPSA) is 32.3 Å². The molecule has 1 aliphatic heterocycles. The number of aliphatic hydroxyl groups is 1. The summed E-state index contributed by atoms with van der Waals surface area (Å²) in [7, 11) is 0. The average molecular weight is 129 g/mol. The van der Waals surface area contributed by atoms with E-state index in [0.717, 1.165) is 6.54 Å². The van der Waals surface area contributed by atoms with E-state index in [2.05, 4.69) is 19.2 Å². The van der Waals surface area contributed by atoms with Crippen molar-refractivity contribution in [3.05, 3.63) is 0 Å². The van der Waals surface area contributed by atoms with Gasteiger partial charge in [0.05, 0.1) is 6.10 Å². The first kappa shape index (κ1) is 7.03. The van der Waals surface area contributed by atoms with Crippen molar-refractivity contribution in [3.63, 3.8) is 0 Å². The van der Waals surface area contributed by atoms with E-state index in [1.807, 2.05) is 6.92 Å². The summed E-state index contributed by atoms with van der Waals surface area (Å²) in [5.41, 5.74) is 0.0689. The molecular formula is C7H15NO. The highest BCUT2D eigenvalue weighted by atomic mass is 16.3. The van der Waals surface area contributed by atoms with Crippen molar-refractivity contribution >= 4 is 0 Å². The second-order valence-corrected chi connectivity index (χ2v) is 3.60. The van der Waals surface area contributed by atoms with Gasteiger partial charge in [-0.25, -0.2) is 0 Å². The minimum atomic E-state index is -0.183. The van der Waals surface area contributed by atoms with Gasteiger partial charge in [-0.2, -0.15) is 0 Å². The fourth-order valence-electron chi connectivity index (χ4n) is 1.32. The largest absolute Gasteiger partial charge is 0.391 e. The molecule has 0 aromatic rings. The minimum absolute atomic E-state index is 0.0689. The van der Waals surface area contributed by atoms with Gasteiger partial charge in [0, 0.05) is 18.0 Å². The highest BCUT2D eigenvalue weighted by Crippen LogP contribution is 2.27. The monoisotopic (exact) mass is 129 g/mol. The minimum Gasteiger partial charge on any atom is -0.391 e. The van der Waals surface area contributed by atoms with Crippen LogP contribution in [0.25, 0.3) is 0 Å². The number of nitrogens with one attached hydrogen (secondary N) is 1. The molecule has 2 heteroatoms. The van der Waals surface area contributed by atoms with Crippen molar-refractivity contribution in [3.8, 4) is 0 Å². The lowest BCUT2D eigenvalue weighted by atomic mass is 9.88. The summed E-state index contributed by atoms with van der Waals surface area (Å²) < 4.78 is 0. The molecule has 0 aromatic carbocycles. The molecule has 1 aliphatic rings. The maximum absolute atomic E-state index is 9.46. The Balaban J connectivity index is 2.62. The van der Waals surface area contributed by atoms with Gasteiger partial charge in [0.2, 0.25) is 0 Å². The lowest BCUT2D eigenvalue weighted by molar-refractivity contribution is 0.0759. The molecule has 1 heterocycles. The summed E-state index contributed by atoms with van der Waals surface area (Å²) in [4.78, 5) is 0. The second kappa shape index (κ2) is 1.96. The van der Waals surface area contributed by atoms with Crippen LogP contribution in [0.1, 0.15) is 20.8 Å². The van der Waals surface area contributed by atoms with E-state index in [0.29, 0.717) is 0 Å².